The fraction of sp³-hybridized carbons (Fsp3) is 0.273. The van der Waals surface area contributed by atoms with Crippen LogP contribution < -0.4 is 10.2 Å². The molecule has 84 valence electrons. The van der Waals surface area contributed by atoms with Crippen LogP contribution in [0.2, 0.25) is 0 Å². The fourth-order valence-electron chi connectivity index (χ4n) is 1.22. The van der Waals surface area contributed by atoms with E-state index in [9.17, 15) is 0 Å². The van der Waals surface area contributed by atoms with E-state index in [0.717, 1.165) is 11.4 Å². The van der Waals surface area contributed by atoms with E-state index < -0.39 is 0 Å². The van der Waals surface area contributed by atoms with Crippen molar-refractivity contribution in [3.8, 4) is 6.19 Å². The van der Waals surface area contributed by atoms with Crippen molar-refractivity contribution in [3.63, 3.8) is 0 Å². The number of hydrogen-bond donors (Lipinski definition) is 1. The van der Waals surface area contributed by atoms with E-state index in [1.54, 1.807) is 0 Å². The highest BCUT2D eigenvalue weighted by atomic mass is 32.2. The van der Waals surface area contributed by atoms with E-state index in [2.05, 4.69) is 10.3 Å². The van der Waals surface area contributed by atoms with Crippen molar-refractivity contribution < 1.29 is 0 Å². The number of hydrogen-bond acceptors (Lipinski definition) is 4. The molecule has 1 N–H and O–H groups in total. The van der Waals surface area contributed by atoms with Crippen LogP contribution in [0.25, 0.3) is 0 Å². The second-order valence-electron chi connectivity index (χ2n) is 3.24. The minimum atomic E-state index is 0.594. The maximum Gasteiger partial charge on any atom is 0.183 e. The molecule has 0 bridgehead atoms. The topological polar surface area (TPSA) is 51.4 Å². The van der Waals surface area contributed by atoms with Gasteiger partial charge in [-0.2, -0.15) is 5.26 Å². The van der Waals surface area contributed by atoms with Gasteiger partial charge in [-0.15, -0.1) is 0 Å². The van der Waals surface area contributed by atoms with Crippen molar-refractivity contribution in [2.24, 2.45) is 4.99 Å². The van der Waals surface area contributed by atoms with E-state index in [4.69, 9.17) is 5.26 Å². The number of nitrogens with zero attached hydrogens (tertiary/aromatic N) is 3. The van der Waals surface area contributed by atoms with E-state index in [1.807, 2.05) is 55.7 Å². The van der Waals surface area contributed by atoms with E-state index in [0.29, 0.717) is 5.17 Å². The molecule has 0 spiro atoms. The number of amidine groups is 1. The number of para-hydroxylation sites is 2. The van der Waals surface area contributed by atoms with Gasteiger partial charge in [-0.25, -0.2) is 4.99 Å². The normalized spacial score (nSPS) is 10.8. The first-order valence-corrected chi connectivity index (χ1v) is 5.95. The quantitative estimate of drug-likeness (QED) is 0.369. The number of benzene rings is 1. The molecule has 0 aromatic heterocycles. The first-order chi connectivity index (χ1) is 7.69. The van der Waals surface area contributed by atoms with Gasteiger partial charge < -0.3 is 4.90 Å². The molecule has 0 aliphatic heterocycles. The zero-order valence-corrected chi connectivity index (χ0v) is 10.4. The zero-order valence-electron chi connectivity index (χ0n) is 9.56. The lowest BCUT2D eigenvalue weighted by molar-refractivity contribution is 1.13. The van der Waals surface area contributed by atoms with Gasteiger partial charge in [-0.3, -0.25) is 5.32 Å². The molecule has 0 fully saturated rings. The summed E-state index contributed by atoms with van der Waals surface area (Å²) in [4.78, 5) is 6.38. The van der Waals surface area contributed by atoms with Crippen LogP contribution in [0.3, 0.4) is 0 Å². The number of aliphatic imine (C=N–C) groups is 1. The summed E-state index contributed by atoms with van der Waals surface area (Å²) >= 11 is 1.41. The number of thioether (sulfide) groups is 1. The van der Waals surface area contributed by atoms with E-state index in [1.165, 1.54) is 11.8 Å². The van der Waals surface area contributed by atoms with Crippen LogP contribution in [-0.4, -0.2) is 25.5 Å². The van der Waals surface area contributed by atoms with E-state index in [-0.39, 0.29) is 0 Å². The highest BCUT2D eigenvalue weighted by Crippen LogP contribution is 2.27. The standard InChI is InChI=1S/C11H14N4S/c1-15(2)10-7-5-4-6-9(10)14-11(16-3)13-8-12/h4-7H,1-3H3,(H,13,14). The molecule has 16 heavy (non-hydrogen) atoms. The van der Waals surface area contributed by atoms with Crippen LogP contribution in [0, 0.1) is 11.5 Å². The Labute approximate surface area is 100.0 Å². The Morgan fingerprint density at radius 3 is 2.69 bits per heavy atom. The third-order valence-corrected chi connectivity index (χ3v) is 2.52. The third-order valence-electron chi connectivity index (χ3n) is 1.94. The van der Waals surface area contributed by atoms with Crippen molar-refractivity contribution in [2.75, 3.05) is 25.3 Å². The third kappa shape index (κ3) is 3.17. The van der Waals surface area contributed by atoms with Gasteiger partial charge in [-0.1, -0.05) is 23.9 Å². The highest BCUT2D eigenvalue weighted by molar-refractivity contribution is 8.13. The van der Waals surface area contributed by atoms with Crippen molar-refractivity contribution in [1.29, 1.82) is 5.26 Å². The Bertz CT molecular complexity index is 420. The molecule has 0 heterocycles. The summed E-state index contributed by atoms with van der Waals surface area (Å²) in [6.45, 7) is 0. The number of nitrogens with one attached hydrogen (secondary N) is 1. The number of rotatable bonds is 2. The summed E-state index contributed by atoms with van der Waals surface area (Å²) in [5.74, 6) is 0. The van der Waals surface area contributed by atoms with Crippen LogP contribution in [0.15, 0.2) is 29.3 Å². The molecule has 0 atom stereocenters. The molecular weight excluding hydrogens is 220 g/mol. The summed E-state index contributed by atoms with van der Waals surface area (Å²) in [5.41, 5.74) is 1.87. The Morgan fingerprint density at radius 1 is 1.44 bits per heavy atom. The lowest BCUT2D eigenvalue weighted by Gasteiger charge is -2.14. The molecule has 4 nitrogen and oxygen atoms in total. The summed E-state index contributed by atoms with van der Waals surface area (Å²) < 4.78 is 0. The van der Waals surface area contributed by atoms with Gasteiger partial charge in [0.2, 0.25) is 0 Å². The summed E-state index contributed by atoms with van der Waals surface area (Å²) in [5, 5.41) is 11.7. The van der Waals surface area contributed by atoms with Gasteiger partial charge >= 0.3 is 0 Å². The molecule has 0 aliphatic rings. The van der Waals surface area contributed by atoms with Crippen molar-refractivity contribution in [1.82, 2.24) is 5.32 Å². The molecule has 1 rings (SSSR count). The van der Waals surface area contributed by atoms with Crippen molar-refractivity contribution in [3.05, 3.63) is 24.3 Å². The Morgan fingerprint density at radius 2 is 2.12 bits per heavy atom. The SMILES string of the molecule is CSC(=Nc1ccccc1N(C)C)NC#N. The summed E-state index contributed by atoms with van der Waals surface area (Å²) in [6, 6.07) is 7.80. The molecule has 0 saturated heterocycles. The van der Waals surface area contributed by atoms with Crippen LogP contribution in [-0.2, 0) is 0 Å². The average Bonchev–Trinajstić information content (AvgIpc) is 2.29. The molecule has 0 amide bonds. The monoisotopic (exact) mass is 234 g/mol. The van der Waals surface area contributed by atoms with Crippen LogP contribution in [0.4, 0.5) is 11.4 Å². The lowest BCUT2D eigenvalue weighted by atomic mass is 10.2. The van der Waals surface area contributed by atoms with Gasteiger partial charge in [0.05, 0.1) is 11.4 Å². The molecule has 0 aliphatic carbocycles. The Hall–Kier alpha value is -1.67. The van der Waals surface area contributed by atoms with Gasteiger partial charge in [0.25, 0.3) is 0 Å². The Balaban J connectivity index is 3.08. The van der Waals surface area contributed by atoms with Crippen LogP contribution >= 0.6 is 11.8 Å². The van der Waals surface area contributed by atoms with Crippen LogP contribution in [0.1, 0.15) is 0 Å². The summed E-state index contributed by atoms with van der Waals surface area (Å²) in [6.07, 6.45) is 3.75. The molecule has 1 aromatic rings. The largest absolute Gasteiger partial charge is 0.376 e. The molecule has 0 unspecified atom stereocenters. The molecule has 0 radical (unpaired) electrons. The molecule has 1 aromatic carbocycles. The molecule has 5 heteroatoms. The van der Waals surface area contributed by atoms with E-state index >= 15 is 0 Å². The summed E-state index contributed by atoms with van der Waals surface area (Å²) in [7, 11) is 3.93. The fourth-order valence-corrected chi connectivity index (χ4v) is 1.56. The van der Waals surface area contributed by atoms with Crippen molar-refractivity contribution >= 4 is 28.3 Å². The molecular formula is C11H14N4S. The minimum Gasteiger partial charge on any atom is -0.376 e. The minimum absolute atomic E-state index is 0.594. The number of anilines is 1. The Kier molecular flexibility index (Phi) is 4.67. The average molecular weight is 234 g/mol. The molecule has 0 saturated carbocycles. The zero-order chi connectivity index (χ0) is 12.0. The predicted molar refractivity (Wildman–Crippen MR) is 70.1 cm³/mol. The predicted octanol–water partition coefficient (Wildman–Crippen LogP) is 2.17. The highest BCUT2D eigenvalue weighted by Gasteiger charge is 2.03. The first kappa shape index (κ1) is 12.4. The smallest absolute Gasteiger partial charge is 0.183 e. The maximum atomic E-state index is 8.56. The number of nitriles is 1. The van der Waals surface area contributed by atoms with Gasteiger partial charge in [0, 0.05) is 14.1 Å². The lowest BCUT2D eigenvalue weighted by Crippen LogP contribution is -2.13. The second-order valence-corrected chi connectivity index (χ2v) is 4.04. The van der Waals surface area contributed by atoms with Gasteiger partial charge in [0.15, 0.2) is 11.4 Å². The van der Waals surface area contributed by atoms with Gasteiger partial charge in [-0.05, 0) is 18.4 Å². The van der Waals surface area contributed by atoms with Crippen molar-refractivity contribution in [2.45, 2.75) is 0 Å². The second kappa shape index (κ2) is 6.03. The van der Waals surface area contributed by atoms with Gasteiger partial charge in [0.1, 0.15) is 0 Å². The van der Waals surface area contributed by atoms with Crippen LogP contribution in [0.5, 0.6) is 0 Å². The maximum absolute atomic E-state index is 8.56. The first-order valence-electron chi connectivity index (χ1n) is 4.73.